The van der Waals surface area contributed by atoms with Gasteiger partial charge in [0.15, 0.2) is 14.9 Å². The smallest absolute Gasteiger partial charge is 0.337 e. The Balaban J connectivity index is 2.26. The highest BCUT2D eigenvalue weighted by Crippen LogP contribution is 2.19. The number of carboxylic acid groups (broad SMARTS) is 1. The lowest BCUT2D eigenvalue weighted by molar-refractivity contribution is 0.0696. The van der Waals surface area contributed by atoms with E-state index < -0.39 is 21.7 Å². The maximum Gasteiger partial charge on any atom is 0.337 e. The van der Waals surface area contributed by atoms with Crippen molar-refractivity contribution in [2.75, 3.05) is 18.2 Å². The number of methoxy groups -OCH3 is 1. The molecule has 0 atom stereocenters. The van der Waals surface area contributed by atoms with Crippen LogP contribution in [0.3, 0.4) is 0 Å². The topological polar surface area (TPSA) is 136 Å². The molecular formula is C18H21N3O6S. The second-order valence-corrected chi connectivity index (χ2v) is 8.01. The number of aromatic nitrogens is 2. The number of hydrogen-bond donors (Lipinski definition) is 2. The van der Waals surface area contributed by atoms with E-state index in [1.165, 1.54) is 31.4 Å². The van der Waals surface area contributed by atoms with Gasteiger partial charge in [0.25, 0.3) is 5.91 Å². The molecule has 0 unspecified atom stereocenters. The third-order valence-electron chi connectivity index (χ3n) is 3.84. The van der Waals surface area contributed by atoms with E-state index in [-0.39, 0.29) is 33.6 Å². The summed E-state index contributed by atoms with van der Waals surface area (Å²) in [7, 11) is -2.34. The minimum absolute atomic E-state index is 0.00380. The Kier molecular flexibility index (Phi) is 7.05. The van der Waals surface area contributed by atoms with Gasteiger partial charge in [0, 0.05) is 17.8 Å². The van der Waals surface area contributed by atoms with E-state index in [0.717, 1.165) is 19.0 Å². The maximum atomic E-state index is 12.5. The molecule has 1 amide bonds. The Morgan fingerprint density at radius 3 is 2.50 bits per heavy atom. The first kappa shape index (κ1) is 21.3. The molecule has 28 heavy (non-hydrogen) atoms. The van der Waals surface area contributed by atoms with Crippen LogP contribution >= 0.6 is 0 Å². The van der Waals surface area contributed by atoms with Crippen LogP contribution in [0.2, 0.25) is 0 Å². The number of carboxylic acids is 1. The highest BCUT2D eigenvalue weighted by molar-refractivity contribution is 7.91. The molecule has 0 saturated heterocycles. The predicted octanol–water partition coefficient (Wildman–Crippen LogP) is 2.40. The molecule has 2 aromatic heterocycles. The summed E-state index contributed by atoms with van der Waals surface area (Å²) in [6.07, 6.45) is 3.25. The molecule has 0 aliphatic heterocycles. The highest BCUT2D eigenvalue weighted by atomic mass is 32.2. The standard InChI is InChI=1S/C18H21N3O6S/c1-3-4-5-8-28(25,26)16-10-13(9-15(21-16)27-2)17(22)20-14-7-6-12(11-19-14)18(23)24/h6-7,9-11H,3-5,8H2,1-2H3,(H,23,24)(H,19,20,22). The number of carbonyl (C=O) groups is 2. The van der Waals surface area contributed by atoms with Gasteiger partial charge in [0.05, 0.1) is 18.4 Å². The van der Waals surface area contributed by atoms with Gasteiger partial charge in [-0.15, -0.1) is 0 Å². The zero-order chi connectivity index (χ0) is 20.7. The lowest BCUT2D eigenvalue weighted by atomic mass is 10.2. The second-order valence-electron chi connectivity index (χ2n) is 5.95. The van der Waals surface area contributed by atoms with Crippen LogP contribution in [0.15, 0.2) is 35.5 Å². The van der Waals surface area contributed by atoms with Crippen LogP contribution in [0.5, 0.6) is 5.88 Å². The van der Waals surface area contributed by atoms with Crippen LogP contribution in [-0.2, 0) is 9.84 Å². The van der Waals surface area contributed by atoms with Crippen molar-refractivity contribution in [2.45, 2.75) is 31.2 Å². The molecule has 0 bridgehead atoms. The molecule has 150 valence electrons. The summed E-state index contributed by atoms with van der Waals surface area (Å²) in [6.45, 7) is 1.97. The molecule has 0 radical (unpaired) electrons. The summed E-state index contributed by atoms with van der Waals surface area (Å²) in [5.41, 5.74) is 0.00839. The Hall–Kier alpha value is -3.01. The van der Waals surface area contributed by atoms with Gasteiger partial charge < -0.3 is 15.2 Å². The van der Waals surface area contributed by atoms with Crippen molar-refractivity contribution in [3.8, 4) is 5.88 Å². The number of unbranched alkanes of at least 4 members (excludes halogenated alkanes) is 2. The van der Waals surface area contributed by atoms with Crippen LogP contribution in [0.25, 0.3) is 0 Å². The van der Waals surface area contributed by atoms with E-state index in [0.29, 0.717) is 6.42 Å². The third kappa shape index (κ3) is 5.49. The zero-order valence-corrected chi connectivity index (χ0v) is 16.3. The highest BCUT2D eigenvalue weighted by Gasteiger charge is 2.20. The van der Waals surface area contributed by atoms with E-state index >= 15 is 0 Å². The number of carbonyl (C=O) groups excluding carboxylic acids is 1. The van der Waals surface area contributed by atoms with Crippen LogP contribution < -0.4 is 10.1 Å². The first-order valence-electron chi connectivity index (χ1n) is 8.56. The van der Waals surface area contributed by atoms with E-state index in [4.69, 9.17) is 9.84 Å². The molecule has 10 heteroatoms. The molecule has 2 N–H and O–H groups in total. The van der Waals surface area contributed by atoms with Gasteiger partial charge in [-0.1, -0.05) is 19.8 Å². The normalized spacial score (nSPS) is 11.1. The number of hydrogen-bond acceptors (Lipinski definition) is 7. The Morgan fingerprint density at radius 1 is 1.18 bits per heavy atom. The van der Waals surface area contributed by atoms with Crippen molar-refractivity contribution >= 4 is 27.5 Å². The summed E-state index contributed by atoms with van der Waals surface area (Å²) < 4.78 is 30.0. The van der Waals surface area contributed by atoms with Gasteiger partial charge in [-0.3, -0.25) is 4.79 Å². The summed E-state index contributed by atoms with van der Waals surface area (Å²) in [5, 5.41) is 11.1. The number of pyridine rings is 2. The Labute approximate surface area is 162 Å². The molecule has 0 fully saturated rings. The molecule has 2 rings (SSSR count). The SMILES string of the molecule is CCCCCS(=O)(=O)c1cc(C(=O)Nc2ccc(C(=O)O)cn2)cc(OC)n1. The molecule has 9 nitrogen and oxygen atoms in total. The van der Waals surface area contributed by atoms with Crippen molar-refractivity contribution in [3.63, 3.8) is 0 Å². The van der Waals surface area contributed by atoms with Crippen LogP contribution in [-0.4, -0.2) is 48.2 Å². The van der Waals surface area contributed by atoms with Gasteiger partial charge in [-0.05, 0) is 24.6 Å². The molecule has 2 heterocycles. The Morgan fingerprint density at radius 2 is 1.93 bits per heavy atom. The number of nitrogens with one attached hydrogen (secondary N) is 1. The molecule has 0 spiro atoms. The van der Waals surface area contributed by atoms with Gasteiger partial charge in [0.1, 0.15) is 5.82 Å². The van der Waals surface area contributed by atoms with E-state index in [1.54, 1.807) is 0 Å². The molecule has 0 saturated carbocycles. The summed E-state index contributed by atoms with van der Waals surface area (Å²) >= 11 is 0. The number of aromatic carboxylic acids is 1. The van der Waals surface area contributed by atoms with Crippen LogP contribution in [0.4, 0.5) is 5.82 Å². The van der Waals surface area contributed by atoms with Gasteiger partial charge in [-0.2, -0.15) is 0 Å². The average Bonchev–Trinajstić information content (AvgIpc) is 2.68. The number of sulfone groups is 1. The Bertz CT molecular complexity index is 958. The number of rotatable bonds is 9. The van der Waals surface area contributed by atoms with Gasteiger partial charge >= 0.3 is 5.97 Å². The number of nitrogens with zero attached hydrogens (tertiary/aromatic N) is 2. The van der Waals surface area contributed by atoms with Crippen molar-refractivity contribution in [3.05, 3.63) is 41.6 Å². The van der Waals surface area contributed by atoms with Gasteiger partial charge in [-0.25, -0.2) is 23.2 Å². The minimum Gasteiger partial charge on any atom is -0.481 e. The quantitative estimate of drug-likeness (QED) is 0.605. The van der Waals surface area contributed by atoms with Crippen molar-refractivity contribution < 1.29 is 27.9 Å². The number of anilines is 1. The number of ether oxygens (including phenoxy) is 1. The lowest BCUT2D eigenvalue weighted by Gasteiger charge is -2.09. The van der Waals surface area contributed by atoms with Gasteiger partial charge in [0.2, 0.25) is 5.88 Å². The molecule has 2 aromatic rings. The first-order chi connectivity index (χ1) is 13.3. The fourth-order valence-electron chi connectivity index (χ4n) is 2.31. The fraction of sp³-hybridized carbons (Fsp3) is 0.333. The van der Waals surface area contributed by atoms with E-state index in [2.05, 4.69) is 15.3 Å². The molecule has 0 aliphatic carbocycles. The zero-order valence-electron chi connectivity index (χ0n) is 15.5. The van der Waals surface area contributed by atoms with Crippen molar-refractivity contribution in [1.82, 2.24) is 9.97 Å². The number of amides is 1. The molecule has 0 aromatic carbocycles. The monoisotopic (exact) mass is 407 g/mol. The lowest BCUT2D eigenvalue weighted by Crippen LogP contribution is -2.16. The van der Waals surface area contributed by atoms with Crippen molar-refractivity contribution in [2.24, 2.45) is 0 Å². The average molecular weight is 407 g/mol. The summed E-state index contributed by atoms with van der Waals surface area (Å²) in [4.78, 5) is 31.1. The second kappa shape index (κ2) is 9.27. The largest absolute Gasteiger partial charge is 0.481 e. The fourth-order valence-corrected chi connectivity index (χ4v) is 3.63. The van der Waals surface area contributed by atoms with Crippen LogP contribution in [0, 0.1) is 0 Å². The third-order valence-corrected chi connectivity index (χ3v) is 5.51. The van der Waals surface area contributed by atoms with E-state index in [1.807, 2.05) is 6.92 Å². The van der Waals surface area contributed by atoms with Crippen molar-refractivity contribution in [1.29, 1.82) is 0 Å². The molecular weight excluding hydrogens is 386 g/mol. The first-order valence-corrected chi connectivity index (χ1v) is 10.2. The molecule has 0 aliphatic rings. The summed E-state index contributed by atoms with van der Waals surface area (Å²) in [5.74, 6) is -1.71. The van der Waals surface area contributed by atoms with E-state index in [9.17, 15) is 18.0 Å². The summed E-state index contributed by atoms with van der Waals surface area (Å²) in [6, 6.07) is 5.13. The van der Waals surface area contributed by atoms with Crippen LogP contribution in [0.1, 0.15) is 46.9 Å². The minimum atomic E-state index is -3.66. The maximum absolute atomic E-state index is 12.5. The predicted molar refractivity (Wildman–Crippen MR) is 102 cm³/mol.